The fourth-order valence-electron chi connectivity index (χ4n) is 4.82. The Morgan fingerprint density at radius 2 is 2.19 bits per heavy atom. The summed E-state index contributed by atoms with van der Waals surface area (Å²) in [4.78, 5) is 15.2. The molecule has 1 saturated carbocycles. The fraction of sp³-hybridized carbons (Fsp3) is 0.941. The molecule has 1 aliphatic carbocycles. The molecule has 0 aromatic carbocycles. The van der Waals surface area contributed by atoms with E-state index in [9.17, 15) is 9.90 Å². The van der Waals surface area contributed by atoms with E-state index in [1.165, 1.54) is 6.42 Å². The Labute approximate surface area is 128 Å². The van der Waals surface area contributed by atoms with Crippen LogP contribution in [0.3, 0.4) is 0 Å². The van der Waals surface area contributed by atoms with Crippen molar-refractivity contribution in [3.63, 3.8) is 0 Å². The summed E-state index contributed by atoms with van der Waals surface area (Å²) in [5.41, 5.74) is -0.653. The van der Waals surface area contributed by atoms with Crippen LogP contribution < -0.4 is 5.32 Å². The van der Waals surface area contributed by atoms with Gasteiger partial charge in [-0.25, -0.2) is 0 Å². The number of rotatable bonds is 3. The number of amides is 1. The molecule has 0 spiro atoms. The Balaban J connectivity index is 1.71. The monoisotopic (exact) mass is 294 g/mol. The summed E-state index contributed by atoms with van der Waals surface area (Å²) in [6.45, 7) is 5.50. The van der Waals surface area contributed by atoms with Gasteiger partial charge >= 0.3 is 0 Å². The number of fused-ring (bicyclic) bond motifs is 1. The van der Waals surface area contributed by atoms with Gasteiger partial charge in [0.1, 0.15) is 0 Å². The van der Waals surface area contributed by atoms with Gasteiger partial charge in [-0.15, -0.1) is 0 Å². The minimum atomic E-state index is -0.485. The van der Waals surface area contributed by atoms with Crippen LogP contribution >= 0.6 is 0 Å². The second-order valence-corrected chi connectivity index (χ2v) is 7.50. The number of carbonyl (C=O) groups excluding carboxylic acids is 1. The first-order chi connectivity index (χ1) is 10.1. The zero-order valence-corrected chi connectivity index (χ0v) is 13.4. The molecule has 3 fully saturated rings. The SMILES string of the molecule is CCCC1(C(=O)N2CCC3(O)CCCCC3C2)CCNC1. The number of piperidine rings is 1. The predicted molar refractivity (Wildman–Crippen MR) is 82.9 cm³/mol. The van der Waals surface area contributed by atoms with Crippen molar-refractivity contribution in [2.24, 2.45) is 11.3 Å². The van der Waals surface area contributed by atoms with Crippen LogP contribution in [0.15, 0.2) is 0 Å². The highest BCUT2D eigenvalue weighted by Crippen LogP contribution is 2.42. The third-order valence-corrected chi connectivity index (χ3v) is 6.14. The molecule has 0 radical (unpaired) electrons. The summed E-state index contributed by atoms with van der Waals surface area (Å²) in [5.74, 6) is 0.652. The van der Waals surface area contributed by atoms with Crippen LogP contribution in [0, 0.1) is 11.3 Å². The first-order valence-corrected chi connectivity index (χ1v) is 8.82. The first kappa shape index (κ1) is 15.3. The number of nitrogens with one attached hydrogen (secondary N) is 1. The van der Waals surface area contributed by atoms with Crippen LogP contribution in [0.4, 0.5) is 0 Å². The molecule has 3 aliphatic rings. The maximum atomic E-state index is 13.1. The number of likely N-dealkylation sites (tertiary alicyclic amines) is 1. The molecular formula is C17H30N2O2. The van der Waals surface area contributed by atoms with Crippen LogP contribution in [0.5, 0.6) is 0 Å². The fourth-order valence-corrected chi connectivity index (χ4v) is 4.82. The average Bonchev–Trinajstić information content (AvgIpc) is 2.96. The van der Waals surface area contributed by atoms with E-state index < -0.39 is 5.60 Å². The maximum Gasteiger partial charge on any atom is 0.230 e. The van der Waals surface area contributed by atoms with Crippen molar-refractivity contribution < 1.29 is 9.90 Å². The molecule has 0 aromatic heterocycles. The van der Waals surface area contributed by atoms with Crippen LogP contribution in [0.1, 0.15) is 58.3 Å². The topological polar surface area (TPSA) is 52.6 Å². The number of hydrogen-bond donors (Lipinski definition) is 2. The standard InChI is InChI=1S/C17H30N2O2/c1-2-6-16(8-10-18-13-16)15(20)19-11-9-17(21)7-4-3-5-14(17)12-19/h14,18,21H,2-13H2,1H3. The van der Waals surface area contributed by atoms with Gasteiger partial charge in [-0.1, -0.05) is 26.2 Å². The molecule has 2 N–H and O–H groups in total. The second kappa shape index (κ2) is 5.88. The van der Waals surface area contributed by atoms with E-state index >= 15 is 0 Å². The van der Waals surface area contributed by atoms with E-state index in [2.05, 4.69) is 17.1 Å². The zero-order valence-electron chi connectivity index (χ0n) is 13.4. The molecule has 0 bridgehead atoms. The highest BCUT2D eigenvalue weighted by atomic mass is 16.3. The predicted octanol–water partition coefficient (Wildman–Crippen LogP) is 1.92. The third-order valence-electron chi connectivity index (χ3n) is 6.14. The van der Waals surface area contributed by atoms with Gasteiger partial charge in [0.25, 0.3) is 0 Å². The Morgan fingerprint density at radius 1 is 1.33 bits per heavy atom. The van der Waals surface area contributed by atoms with Gasteiger partial charge in [0.05, 0.1) is 11.0 Å². The third kappa shape index (κ3) is 2.72. The largest absolute Gasteiger partial charge is 0.389 e. The quantitative estimate of drug-likeness (QED) is 0.836. The van der Waals surface area contributed by atoms with Gasteiger partial charge in [-0.3, -0.25) is 4.79 Å². The van der Waals surface area contributed by atoms with Crippen molar-refractivity contribution in [1.82, 2.24) is 10.2 Å². The maximum absolute atomic E-state index is 13.1. The Hall–Kier alpha value is -0.610. The highest BCUT2D eigenvalue weighted by Gasteiger charge is 2.48. The summed E-state index contributed by atoms with van der Waals surface area (Å²) < 4.78 is 0. The lowest BCUT2D eigenvalue weighted by Gasteiger charge is -2.49. The van der Waals surface area contributed by atoms with E-state index in [1.807, 2.05) is 0 Å². The summed E-state index contributed by atoms with van der Waals surface area (Å²) in [7, 11) is 0. The van der Waals surface area contributed by atoms with E-state index in [-0.39, 0.29) is 5.41 Å². The van der Waals surface area contributed by atoms with Gasteiger partial charge in [0.15, 0.2) is 0 Å². The molecule has 2 heterocycles. The minimum absolute atomic E-state index is 0.168. The van der Waals surface area contributed by atoms with Gasteiger partial charge in [-0.2, -0.15) is 0 Å². The normalized spacial score (nSPS) is 40.1. The molecule has 4 heteroatoms. The van der Waals surface area contributed by atoms with Crippen molar-refractivity contribution in [3.8, 4) is 0 Å². The minimum Gasteiger partial charge on any atom is -0.389 e. The van der Waals surface area contributed by atoms with Crippen molar-refractivity contribution in [2.75, 3.05) is 26.2 Å². The Morgan fingerprint density at radius 3 is 2.90 bits per heavy atom. The van der Waals surface area contributed by atoms with E-state index in [1.54, 1.807) is 0 Å². The van der Waals surface area contributed by atoms with Crippen molar-refractivity contribution in [3.05, 3.63) is 0 Å². The molecule has 0 aromatic rings. The number of aliphatic hydroxyl groups is 1. The van der Waals surface area contributed by atoms with Gasteiger partial charge in [0, 0.05) is 25.6 Å². The van der Waals surface area contributed by atoms with Crippen LogP contribution in [-0.2, 0) is 4.79 Å². The van der Waals surface area contributed by atoms with Gasteiger partial charge in [0.2, 0.25) is 5.91 Å². The van der Waals surface area contributed by atoms with E-state index in [4.69, 9.17) is 0 Å². The zero-order chi connectivity index (χ0) is 14.9. The Kier molecular flexibility index (Phi) is 4.28. The molecule has 2 saturated heterocycles. The summed E-state index contributed by atoms with van der Waals surface area (Å²) in [6.07, 6.45) is 8.17. The van der Waals surface area contributed by atoms with Gasteiger partial charge in [-0.05, 0) is 38.6 Å². The highest BCUT2D eigenvalue weighted by molar-refractivity contribution is 5.83. The molecule has 21 heavy (non-hydrogen) atoms. The van der Waals surface area contributed by atoms with Gasteiger partial charge < -0.3 is 15.3 Å². The van der Waals surface area contributed by atoms with Crippen LogP contribution in [0.2, 0.25) is 0 Å². The number of hydrogen-bond acceptors (Lipinski definition) is 3. The number of nitrogens with zero attached hydrogens (tertiary/aromatic N) is 1. The van der Waals surface area contributed by atoms with E-state index in [0.717, 1.165) is 71.1 Å². The summed E-state index contributed by atoms with van der Waals surface area (Å²) >= 11 is 0. The van der Waals surface area contributed by atoms with Crippen LogP contribution in [-0.4, -0.2) is 47.7 Å². The summed E-state index contributed by atoms with van der Waals surface area (Å²) in [6, 6.07) is 0. The van der Waals surface area contributed by atoms with Crippen molar-refractivity contribution in [1.29, 1.82) is 0 Å². The smallest absolute Gasteiger partial charge is 0.230 e. The molecule has 4 nitrogen and oxygen atoms in total. The lowest BCUT2D eigenvalue weighted by molar-refractivity contribution is -0.153. The first-order valence-electron chi connectivity index (χ1n) is 8.82. The molecule has 3 unspecified atom stereocenters. The molecular weight excluding hydrogens is 264 g/mol. The molecule has 2 aliphatic heterocycles. The average molecular weight is 294 g/mol. The van der Waals surface area contributed by atoms with E-state index in [0.29, 0.717) is 11.8 Å². The van der Waals surface area contributed by atoms with Crippen molar-refractivity contribution in [2.45, 2.75) is 63.9 Å². The lowest BCUT2D eigenvalue weighted by atomic mass is 9.70. The Bertz CT molecular complexity index is 392. The van der Waals surface area contributed by atoms with Crippen molar-refractivity contribution >= 4 is 5.91 Å². The second-order valence-electron chi connectivity index (χ2n) is 7.50. The molecule has 3 rings (SSSR count). The molecule has 1 amide bonds. The van der Waals surface area contributed by atoms with Crippen LogP contribution in [0.25, 0.3) is 0 Å². The summed E-state index contributed by atoms with van der Waals surface area (Å²) in [5, 5.41) is 14.2. The lowest BCUT2D eigenvalue weighted by Crippen LogP contribution is -2.57. The molecule has 120 valence electrons. The molecule has 3 atom stereocenters. The number of carbonyl (C=O) groups is 1.